The summed E-state index contributed by atoms with van der Waals surface area (Å²) in [6, 6.07) is 21.8. The summed E-state index contributed by atoms with van der Waals surface area (Å²) in [4.78, 5) is 16.4. The van der Waals surface area contributed by atoms with E-state index in [1.165, 1.54) is 0 Å². The number of H-pyrrole nitrogens is 2. The van der Waals surface area contributed by atoms with E-state index in [0.717, 1.165) is 56.0 Å². The van der Waals surface area contributed by atoms with Crippen molar-refractivity contribution in [2.24, 2.45) is 0 Å². The molecule has 154 valence electrons. The number of nitrogens with zero attached hydrogens (tertiary/aromatic N) is 2. The van der Waals surface area contributed by atoms with Crippen molar-refractivity contribution in [2.45, 2.75) is 0 Å². The smallest absolute Gasteiger partial charge is 0.0738 e. The molecule has 0 radical (unpaired) electrons. The maximum Gasteiger partial charge on any atom is 0.0738 e. The number of aromatic nitrogens is 4. The topological polar surface area (TPSA) is 57.4 Å². The van der Waals surface area contributed by atoms with Gasteiger partial charge >= 0.3 is 0 Å². The van der Waals surface area contributed by atoms with E-state index in [-0.39, 0.29) is 0 Å². The van der Waals surface area contributed by atoms with Gasteiger partial charge in [-0.15, -0.1) is 0 Å². The second kappa shape index (κ2) is 7.52. The second-order valence-electron chi connectivity index (χ2n) is 7.71. The Hall–Kier alpha value is -3.60. The van der Waals surface area contributed by atoms with Gasteiger partial charge in [-0.2, -0.15) is 0 Å². The minimum absolute atomic E-state index is 0.584. The number of aromatic amines is 2. The van der Waals surface area contributed by atoms with Crippen LogP contribution in [-0.4, -0.2) is 19.9 Å². The lowest BCUT2D eigenvalue weighted by Gasteiger charge is -2.05. The van der Waals surface area contributed by atoms with Crippen molar-refractivity contribution < 1.29 is 0 Å². The first-order valence-corrected chi connectivity index (χ1v) is 10.9. The Morgan fingerprint density at radius 1 is 0.594 bits per heavy atom. The van der Waals surface area contributed by atoms with Crippen molar-refractivity contribution in [1.82, 2.24) is 19.9 Å². The Bertz CT molecular complexity index is 1610. The van der Waals surface area contributed by atoms with E-state index in [2.05, 4.69) is 22.1 Å². The predicted octanol–water partition coefficient (Wildman–Crippen LogP) is 7.38. The number of hydrogen-bond donors (Lipinski definition) is 2. The van der Waals surface area contributed by atoms with Gasteiger partial charge in [-0.3, -0.25) is 0 Å². The normalized spacial score (nSPS) is 12.8. The summed E-state index contributed by atoms with van der Waals surface area (Å²) in [6.07, 6.45) is 6.02. The third kappa shape index (κ3) is 3.64. The van der Waals surface area contributed by atoms with Crippen LogP contribution in [-0.2, 0) is 0 Å². The van der Waals surface area contributed by atoms with Crippen molar-refractivity contribution in [1.29, 1.82) is 0 Å². The maximum atomic E-state index is 6.53. The zero-order valence-corrected chi connectivity index (χ0v) is 18.2. The fourth-order valence-electron chi connectivity index (χ4n) is 3.94. The molecule has 4 aromatic rings. The third-order valence-corrected chi connectivity index (χ3v) is 5.93. The summed E-state index contributed by atoms with van der Waals surface area (Å²) in [5.74, 6) is 0. The fourth-order valence-corrected chi connectivity index (χ4v) is 4.45. The highest BCUT2D eigenvalue weighted by molar-refractivity contribution is 6.36. The van der Waals surface area contributed by atoms with E-state index in [1.807, 2.05) is 66.8 Å². The van der Waals surface area contributed by atoms with Gasteiger partial charge in [0.15, 0.2) is 0 Å². The maximum absolute atomic E-state index is 6.53. The van der Waals surface area contributed by atoms with E-state index in [1.54, 1.807) is 6.07 Å². The fraction of sp³-hybridized carbons (Fsp3) is 0. The van der Waals surface area contributed by atoms with Gasteiger partial charge in [0.25, 0.3) is 0 Å². The molecule has 2 aliphatic rings. The number of rotatable bonds is 1. The van der Waals surface area contributed by atoms with Gasteiger partial charge in [-0.25, -0.2) is 9.97 Å². The summed E-state index contributed by atoms with van der Waals surface area (Å²) in [6.45, 7) is 0. The summed E-state index contributed by atoms with van der Waals surface area (Å²) in [7, 11) is 0. The van der Waals surface area contributed by atoms with E-state index in [9.17, 15) is 0 Å². The molecule has 0 amide bonds. The third-order valence-electron chi connectivity index (χ3n) is 5.39. The van der Waals surface area contributed by atoms with Crippen molar-refractivity contribution in [3.63, 3.8) is 0 Å². The van der Waals surface area contributed by atoms with Crippen molar-refractivity contribution in [3.05, 3.63) is 105 Å². The molecule has 3 aromatic heterocycles. The van der Waals surface area contributed by atoms with Crippen LogP contribution in [0.3, 0.4) is 0 Å². The van der Waals surface area contributed by atoms with Crippen molar-refractivity contribution in [3.8, 4) is 0 Å². The molecule has 0 saturated heterocycles. The molecule has 8 bridgehead atoms. The molecule has 0 saturated carbocycles. The van der Waals surface area contributed by atoms with Crippen LogP contribution in [0.4, 0.5) is 0 Å². The Labute approximate surface area is 193 Å². The van der Waals surface area contributed by atoms with Crippen LogP contribution in [0.15, 0.2) is 66.7 Å². The van der Waals surface area contributed by atoms with Gasteiger partial charge in [0.2, 0.25) is 0 Å². The molecule has 0 aliphatic carbocycles. The number of halogens is 2. The molecule has 2 aliphatic heterocycles. The Balaban J connectivity index is 1.64. The molecule has 5 heterocycles. The minimum Gasteiger partial charge on any atom is -0.355 e. The summed E-state index contributed by atoms with van der Waals surface area (Å²) >= 11 is 12.7. The molecule has 6 heteroatoms. The first kappa shape index (κ1) is 19.1. The van der Waals surface area contributed by atoms with E-state index < -0.39 is 0 Å². The first-order valence-electron chi connectivity index (χ1n) is 10.1. The Kier molecular flexibility index (Phi) is 4.49. The molecular weight excluding hydrogens is 439 g/mol. The van der Waals surface area contributed by atoms with E-state index >= 15 is 0 Å². The van der Waals surface area contributed by atoms with Gasteiger partial charge in [0.05, 0.1) is 22.8 Å². The van der Waals surface area contributed by atoms with Crippen LogP contribution in [0.2, 0.25) is 10.0 Å². The molecule has 0 fully saturated rings. The van der Waals surface area contributed by atoms with Crippen LogP contribution in [0, 0.1) is 0 Å². The highest BCUT2D eigenvalue weighted by Gasteiger charge is 2.16. The zero-order chi connectivity index (χ0) is 21.7. The molecular formula is C26H16Cl2N4. The molecule has 0 unspecified atom stereocenters. The predicted molar refractivity (Wildman–Crippen MR) is 133 cm³/mol. The number of benzene rings is 1. The van der Waals surface area contributed by atoms with Gasteiger partial charge in [-0.1, -0.05) is 29.3 Å². The lowest BCUT2D eigenvalue weighted by atomic mass is 10.0. The van der Waals surface area contributed by atoms with Crippen LogP contribution in [0.25, 0.3) is 45.9 Å². The molecule has 4 nitrogen and oxygen atoms in total. The van der Waals surface area contributed by atoms with Gasteiger partial charge < -0.3 is 9.97 Å². The Morgan fingerprint density at radius 2 is 1.22 bits per heavy atom. The highest BCUT2D eigenvalue weighted by atomic mass is 35.5. The average Bonchev–Trinajstić information content (AvgIpc) is 3.53. The molecule has 1 aromatic carbocycles. The van der Waals surface area contributed by atoms with E-state index in [0.29, 0.717) is 10.0 Å². The lowest BCUT2D eigenvalue weighted by molar-refractivity contribution is 1.27. The van der Waals surface area contributed by atoms with Gasteiger partial charge in [0.1, 0.15) is 0 Å². The summed E-state index contributed by atoms with van der Waals surface area (Å²) in [5, 5.41) is 1.18. The van der Waals surface area contributed by atoms with Crippen LogP contribution >= 0.6 is 23.2 Å². The van der Waals surface area contributed by atoms with Gasteiger partial charge in [0, 0.05) is 43.2 Å². The number of nitrogens with one attached hydrogen (secondary N) is 2. The average molecular weight is 455 g/mol. The van der Waals surface area contributed by atoms with Gasteiger partial charge in [-0.05, 0) is 78.9 Å². The molecule has 6 rings (SSSR count). The SMILES string of the molecule is Clc1ccc(C2=Cc3cc4ccc(cc5ccc(cc6nc(cc2n3)C=C6)[nH]5)[nH]4)c(Cl)c1. The number of fused-ring (bicyclic) bond motifs is 8. The largest absolute Gasteiger partial charge is 0.355 e. The zero-order valence-electron chi connectivity index (χ0n) is 16.7. The lowest BCUT2D eigenvalue weighted by Crippen LogP contribution is -1.88. The summed E-state index contributed by atoms with van der Waals surface area (Å²) in [5.41, 5.74) is 9.14. The van der Waals surface area contributed by atoms with Crippen molar-refractivity contribution in [2.75, 3.05) is 0 Å². The van der Waals surface area contributed by atoms with Crippen LogP contribution < -0.4 is 0 Å². The summed E-state index contributed by atoms with van der Waals surface area (Å²) < 4.78 is 0. The quantitative estimate of drug-likeness (QED) is 0.272. The monoisotopic (exact) mass is 454 g/mol. The molecule has 32 heavy (non-hydrogen) atoms. The highest BCUT2D eigenvalue weighted by Crippen LogP contribution is 2.34. The van der Waals surface area contributed by atoms with Crippen LogP contribution in [0.1, 0.15) is 28.3 Å². The first-order chi connectivity index (χ1) is 15.6. The molecule has 2 N–H and O–H groups in total. The van der Waals surface area contributed by atoms with Crippen molar-refractivity contribution >= 4 is 69.1 Å². The second-order valence-corrected chi connectivity index (χ2v) is 8.56. The van der Waals surface area contributed by atoms with Crippen LogP contribution in [0.5, 0.6) is 0 Å². The standard InChI is InChI=1S/C26H16Cl2N4/c27-15-1-8-23(25(28)9-15)24-13-22-12-20-5-4-18(30-20)10-16-2-3-17(29-16)11-19-6-7-21(31-19)14-26(24)32-22/h1-14,29-30H. The Morgan fingerprint density at radius 3 is 1.91 bits per heavy atom. The minimum atomic E-state index is 0.584. The molecule has 0 atom stereocenters. The number of hydrogen-bond acceptors (Lipinski definition) is 2. The molecule has 0 spiro atoms. The van der Waals surface area contributed by atoms with E-state index in [4.69, 9.17) is 33.2 Å².